The number of amides is 2. The van der Waals surface area contributed by atoms with Crippen LogP contribution in [0.15, 0.2) is 0 Å². The van der Waals surface area contributed by atoms with Crippen molar-refractivity contribution in [3.63, 3.8) is 0 Å². The second-order valence-corrected chi connectivity index (χ2v) is 3.42. The Hall–Kier alpha value is -1.79. The summed E-state index contributed by atoms with van der Waals surface area (Å²) in [5, 5.41) is 21.7. The highest BCUT2D eigenvalue weighted by Crippen LogP contribution is 1.94. The number of urea groups is 1. The van der Waals surface area contributed by atoms with Gasteiger partial charge in [-0.25, -0.2) is 9.59 Å². The second-order valence-electron chi connectivity index (χ2n) is 3.42. The third-order valence-electron chi connectivity index (χ3n) is 1.97. The average Bonchev–Trinajstić information content (AvgIpc) is 2.15. The Morgan fingerprint density at radius 1 is 1.19 bits per heavy atom. The van der Waals surface area contributed by atoms with Crippen LogP contribution in [0.3, 0.4) is 0 Å². The van der Waals surface area contributed by atoms with E-state index in [2.05, 4.69) is 10.6 Å². The van der Waals surface area contributed by atoms with Gasteiger partial charge in [0.2, 0.25) is 0 Å². The minimum absolute atomic E-state index is 0.0979. The number of carbonyl (C=O) groups is 3. The number of aliphatic carboxylic acids is 2. The van der Waals surface area contributed by atoms with Gasteiger partial charge in [0.05, 0.1) is 6.42 Å². The second kappa shape index (κ2) is 6.65. The molecule has 7 heteroatoms. The molecule has 0 bridgehead atoms. The fourth-order valence-corrected chi connectivity index (χ4v) is 0.900. The van der Waals surface area contributed by atoms with E-state index in [0.29, 0.717) is 6.42 Å². The van der Waals surface area contributed by atoms with Gasteiger partial charge < -0.3 is 20.8 Å². The summed E-state index contributed by atoms with van der Waals surface area (Å²) in [5.74, 6) is -2.65. The molecule has 16 heavy (non-hydrogen) atoms. The molecule has 0 aromatic carbocycles. The maximum Gasteiger partial charge on any atom is 0.326 e. The number of nitrogens with one attached hydrogen (secondary N) is 2. The molecule has 0 aromatic rings. The van der Waals surface area contributed by atoms with E-state index in [-0.39, 0.29) is 6.04 Å². The van der Waals surface area contributed by atoms with E-state index in [9.17, 15) is 14.4 Å². The van der Waals surface area contributed by atoms with Crippen LogP contribution < -0.4 is 10.6 Å². The molecule has 0 saturated heterocycles. The molecule has 0 aliphatic rings. The lowest BCUT2D eigenvalue weighted by Crippen LogP contribution is -2.49. The number of carbonyl (C=O) groups excluding carboxylic acids is 1. The zero-order valence-electron chi connectivity index (χ0n) is 9.19. The first kappa shape index (κ1) is 14.2. The van der Waals surface area contributed by atoms with Crippen molar-refractivity contribution in [1.82, 2.24) is 10.6 Å². The highest BCUT2D eigenvalue weighted by atomic mass is 16.4. The third-order valence-corrected chi connectivity index (χ3v) is 1.97. The molecule has 92 valence electrons. The molecular formula is C9H16N2O5. The van der Waals surface area contributed by atoms with Gasteiger partial charge in [0.15, 0.2) is 0 Å². The molecule has 2 amide bonds. The predicted octanol–water partition coefficient (Wildman–Crippen LogP) is 0.0120. The number of hydrogen-bond donors (Lipinski definition) is 4. The molecule has 0 spiro atoms. The fraction of sp³-hybridized carbons (Fsp3) is 0.667. The number of carboxylic acid groups (broad SMARTS) is 2. The van der Waals surface area contributed by atoms with Gasteiger partial charge in [0.25, 0.3) is 0 Å². The standard InChI is InChI=1S/C9H16N2O5/c1-3-5(2)10-9(16)11-6(8(14)15)4-7(12)13/h5-6H,3-4H2,1-2H3,(H,12,13)(H,14,15)(H2,10,11,16)/t5?,6-/m1/s1. The van der Waals surface area contributed by atoms with Crippen molar-refractivity contribution in [2.45, 2.75) is 38.8 Å². The van der Waals surface area contributed by atoms with Gasteiger partial charge in [-0.3, -0.25) is 4.79 Å². The zero-order chi connectivity index (χ0) is 12.7. The Balaban J connectivity index is 4.24. The molecule has 0 aliphatic heterocycles. The van der Waals surface area contributed by atoms with Crippen molar-refractivity contribution in [1.29, 1.82) is 0 Å². The van der Waals surface area contributed by atoms with Crippen molar-refractivity contribution in [2.75, 3.05) is 0 Å². The smallest absolute Gasteiger partial charge is 0.326 e. The first-order valence-electron chi connectivity index (χ1n) is 4.88. The summed E-state index contributed by atoms with van der Waals surface area (Å²) in [7, 11) is 0. The van der Waals surface area contributed by atoms with Gasteiger partial charge in [-0.2, -0.15) is 0 Å². The molecular weight excluding hydrogens is 216 g/mol. The van der Waals surface area contributed by atoms with Gasteiger partial charge >= 0.3 is 18.0 Å². The Kier molecular flexibility index (Phi) is 5.91. The van der Waals surface area contributed by atoms with Crippen LogP contribution in [0.1, 0.15) is 26.7 Å². The van der Waals surface area contributed by atoms with Crippen LogP contribution in [-0.4, -0.2) is 40.3 Å². The minimum Gasteiger partial charge on any atom is -0.481 e. The summed E-state index contributed by atoms with van der Waals surface area (Å²) < 4.78 is 0. The molecule has 0 aliphatic carbocycles. The molecule has 0 radical (unpaired) electrons. The van der Waals surface area contributed by atoms with Crippen LogP contribution in [0, 0.1) is 0 Å². The van der Waals surface area contributed by atoms with Crippen molar-refractivity contribution in [2.24, 2.45) is 0 Å². The lowest BCUT2D eigenvalue weighted by Gasteiger charge is -2.16. The SMILES string of the molecule is CCC(C)NC(=O)N[C@H](CC(=O)O)C(=O)O. The van der Waals surface area contributed by atoms with Crippen LogP contribution in [0.25, 0.3) is 0 Å². The first-order chi connectivity index (χ1) is 7.36. The highest BCUT2D eigenvalue weighted by molar-refractivity contribution is 5.86. The summed E-state index contributed by atoms with van der Waals surface area (Å²) in [6.07, 6.45) is 0.0490. The van der Waals surface area contributed by atoms with Gasteiger partial charge in [-0.1, -0.05) is 6.92 Å². The summed E-state index contributed by atoms with van der Waals surface area (Å²) in [5.41, 5.74) is 0. The fourth-order valence-electron chi connectivity index (χ4n) is 0.900. The summed E-state index contributed by atoms with van der Waals surface area (Å²) >= 11 is 0. The van der Waals surface area contributed by atoms with Gasteiger partial charge in [0, 0.05) is 6.04 Å². The maximum atomic E-state index is 11.2. The van der Waals surface area contributed by atoms with E-state index >= 15 is 0 Å². The molecule has 7 nitrogen and oxygen atoms in total. The van der Waals surface area contributed by atoms with E-state index in [4.69, 9.17) is 10.2 Å². The van der Waals surface area contributed by atoms with E-state index in [1.165, 1.54) is 0 Å². The minimum atomic E-state index is -1.42. The number of carboxylic acids is 2. The quantitative estimate of drug-likeness (QED) is 0.515. The molecule has 0 fully saturated rings. The Morgan fingerprint density at radius 3 is 2.12 bits per heavy atom. The Bertz CT molecular complexity index is 279. The number of rotatable bonds is 6. The van der Waals surface area contributed by atoms with Crippen molar-refractivity contribution < 1.29 is 24.6 Å². The third kappa shape index (κ3) is 5.84. The van der Waals surface area contributed by atoms with Crippen LogP contribution in [0.5, 0.6) is 0 Å². The van der Waals surface area contributed by atoms with Crippen LogP contribution >= 0.6 is 0 Å². The van der Waals surface area contributed by atoms with Gasteiger partial charge in [-0.15, -0.1) is 0 Å². The number of hydrogen-bond acceptors (Lipinski definition) is 3. The van der Waals surface area contributed by atoms with Crippen molar-refractivity contribution in [3.05, 3.63) is 0 Å². The maximum absolute atomic E-state index is 11.2. The molecule has 0 saturated carbocycles. The van der Waals surface area contributed by atoms with E-state index < -0.39 is 30.4 Å². The lowest BCUT2D eigenvalue weighted by molar-refractivity contribution is -0.145. The molecule has 4 N–H and O–H groups in total. The predicted molar refractivity (Wildman–Crippen MR) is 55.1 cm³/mol. The summed E-state index contributed by atoms with van der Waals surface area (Å²) in [6.45, 7) is 3.61. The zero-order valence-corrected chi connectivity index (χ0v) is 9.19. The molecule has 0 heterocycles. The molecule has 1 unspecified atom stereocenters. The van der Waals surface area contributed by atoms with Gasteiger partial charge in [-0.05, 0) is 13.3 Å². The topological polar surface area (TPSA) is 116 Å². The van der Waals surface area contributed by atoms with Crippen molar-refractivity contribution >= 4 is 18.0 Å². The Labute approximate surface area is 92.8 Å². The van der Waals surface area contributed by atoms with E-state index in [1.807, 2.05) is 6.92 Å². The highest BCUT2D eigenvalue weighted by Gasteiger charge is 2.23. The van der Waals surface area contributed by atoms with Gasteiger partial charge in [0.1, 0.15) is 6.04 Å². The first-order valence-corrected chi connectivity index (χ1v) is 4.88. The van der Waals surface area contributed by atoms with Crippen molar-refractivity contribution in [3.8, 4) is 0 Å². The van der Waals surface area contributed by atoms with Crippen LogP contribution in [0.2, 0.25) is 0 Å². The largest absolute Gasteiger partial charge is 0.481 e. The van der Waals surface area contributed by atoms with Crippen LogP contribution in [0.4, 0.5) is 4.79 Å². The summed E-state index contributed by atoms with van der Waals surface area (Å²) in [4.78, 5) is 32.2. The molecule has 2 atom stereocenters. The Morgan fingerprint density at radius 2 is 1.75 bits per heavy atom. The lowest BCUT2D eigenvalue weighted by atomic mass is 10.2. The molecule has 0 aromatic heterocycles. The summed E-state index contributed by atoms with van der Waals surface area (Å²) in [6, 6.07) is -2.19. The molecule has 0 rings (SSSR count). The monoisotopic (exact) mass is 232 g/mol. The van der Waals surface area contributed by atoms with E-state index in [0.717, 1.165) is 0 Å². The van der Waals surface area contributed by atoms with Crippen LogP contribution in [-0.2, 0) is 9.59 Å². The average molecular weight is 232 g/mol. The normalized spacial score (nSPS) is 13.6. The van der Waals surface area contributed by atoms with E-state index in [1.54, 1.807) is 6.92 Å².